The third-order valence-electron chi connectivity index (χ3n) is 4.04. The van der Waals surface area contributed by atoms with E-state index < -0.39 is 24.2 Å². The first-order valence-corrected chi connectivity index (χ1v) is 7.36. The number of carbonyl (C=O) groups is 1. The summed E-state index contributed by atoms with van der Waals surface area (Å²) in [6, 6.07) is 6.95. The number of aliphatic hydroxyl groups excluding tert-OH is 1. The normalized spacial score (nSPS) is 23.8. The lowest BCUT2D eigenvalue weighted by molar-refractivity contribution is -0.485. The zero-order valence-corrected chi connectivity index (χ0v) is 12.6. The second kappa shape index (κ2) is 6.74. The van der Waals surface area contributed by atoms with E-state index in [2.05, 4.69) is 0 Å². The van der Waals surface area contributed by atoms with E-state index in [0.717, 1.165) is 0 Å². The van der Waals surface area contributed by atoms with Crippen molar-refractivity contribution in [2.75, 3.05) is 18.1 Å². The van der Waals surface area contributed by atoms with Crippen LogP contribution in [0.2, 0.25) is 0 Å². The van der Waals surface area contributed by atoms with E-state index in [1.165, 1.54) is 4.90 Å². The third-order valence-corrected chi connectivity index (χ3v) is 4.04. The molecule has 120 valence electrons. The van der Waals surface area contributed by atoms with E-state index in [4.69, 9.17) is 4.74 Å². The van der Waals surface area contributed by atoms with Crippen molar-refractivity contribution < 1.29 is 19.6 Å². The Kier molecular flexibility index (Phi) is 4.97. The van der Waals surface area contributed by atoms with E-state index in [0.29, 0.717) is 17.7 Å². The second-order valence-electron chi connectivity index (χ2n) is 5.24. The Morgan fingerprint density at radius 1 is 1.41 bits per heavy atom. The van der Waals surface area contributed by atoms with Gasteiger partial charge in [-0.2, -0.15) is 0 Å². The number of hydrogen-bond acceptors (Lipinski definition) is 5. The lowest BCUT2D eigenvalue weighted by atomic mass is 9.78. The van der Waals surface area contributed by atoms with Crippen molar-refractivity contribution in [3.05, 3.63) is 39.9 Å². The monoisotopic (exact) mass is 308 g/mol. The Morgan fingerprint density at radius 2 is 2.09 bits per heavy atom. The second-order valence-corrected chi connectivity index (χ2v) is 5.24. The number of amides is 1. The maximum Gasteiger partial charge on any atom is 0.416 e. The number of nitro groups is 1. The minimum atomic E-state index is -1.14. The fourth-order valence-corrected chi connectivity index (χ4v) is 3.08. The van der Waals surface area contributed by atoms with Gasteiger partial charge < -0.3 is 9.84 Å². The highest BCUT2D eigenvalue weighted by atomic mass is 16.6. The molecule has 3 atom stereocenters. The Morgan fingerprint density at radius 3 is 2.68 bits per heavy atom. The van der Waals surface area contributed by atoms with Crippen LogP contribution in [0.25, 0.3) is 0 Å². The number of benzene rings is 1. The van der Waals surface area contributed by atoms with Gasteiger partial charge in [0, 0.05) is 10.8 Å². The highest BCUT2D eigenvalue weighted by Crippen LogP contribution is 2.43. The first-order valence-electron chi connectivity index (χ1n) is 7.36. The van der Waals surface area contributed by atoms with Crippen LogP contribution in [0.1, 0.15) is 31.7 Å². The van der Waals surface area contributed by atoms with Crippen LogP contribution in [-0.2, 0) is 4.74 Å². The van der Waals surface area contributed by atoms with E-state index in [1.54, 1.807) is 31.2 Å². The van der Waals surface area contributed by atoms with Gasteiger partial charge in [-0.3, -0.25) is 15.0 Å². The van der Waals surface area contributed by atoms with Crippen LogP contribution in [0.5, 0.6) is 0 Å². The molecule has 7 heteroatoms. The zero-order chi connectivity index (χ0) is 16.3. The summed E-state index contributed by atoms with van der Waals surface area (Å²) in [5, 5.41) is 21.5. The molecule has 1 amide bonds. The zero-order valence-electron chi connectivity index (χ0n) is 12.6. The van der Waals surface area contributed by atoms with Gasteiger partial charge >= 0.3 is 6.09 Å². The van der Waals surface area contributed by atoms with Crippen molar-refractivity contribution in [3.8, 4) is 0 Å². The van der Waals surface area contributed by atoms with Crippen LogP contribution in [0, 0.1) is 16.0 Å². The lowest BCUT2D eigenvalue weighted by Crippen LogP contribution is -2.51. The summed E-state index contributed by atoms with van der Waals surface area (Å²) in [6.07, 6.45) is -1.26. The van der Waals surface area contributed by atoms with E-state index in [-0.39, 0.29) is 18.1 Å². The first-order chi connectivity index (χ1) is 10.5. The molecule has 0 unspecified atom stereocenters. The smallest absolute Gasteiger partial charge is 0.416 e. The largest absolute Gasteiger partial charge is 0.449 e. The molecule has 0 radical (unpaired) electrons. The lowest BCUT2D eigenvalue weighted by Gasteiger charge is -2.41. The molecular weight excluding hydrogens is 288 g/mol. The molecule has 22 heavy (non-hydrogen) atoms. The number of para-hydroxylation sites is 1. The van der Waals surface area contributed by atoms with Crippen LogP contribution >= 0.6 is 0 Å². The molecule has 0 bridgehead atoms. The molecule has 2 rings (SSSR count). The van der Waals surface area contributed by atoms with Gasteiger partial charge in [-0.05, 0) is 25.0 Å². The van der Waals surface area contributed by atoms with Crippen LogP contribution in [0.4, 0.5) is 10.5 Å². The maximum atomic E-state index is 12.2. The average Bonchev–Trinajstić information content (AvgIpc) is 2.47. The number of fused-ring (bicyclic) bond motifs is 1. The van der Waals surface area contributed by atoms with E-state index in [9.17, 15) is 20.0 Å². The minimum Gasteiger partial charge on any atom is -0.449 e. The van der Waals surface area contributed by atoms with Gasteiger partial charge in [0.1, 0.15) is 6.23 Å². The molecule has 0 aromatic heterocycles. The number of carbonyl (C=O) groups excluding carboxylic acids is 1. The summed E-state index contributed by atoms with van der Waals surface area (Å²) in [4.78, 5) is 24.0. The number of hydrogen-bond donors (Lipinski definition) is 1. The van der Waals surface area contributed by atoms with Crippen LogP contribution in [-0.4, -0.2) is 35.5 Å². The summed E-state index contributed by atoms with van der Waals surface area (Å²) in [7, 11) is 0. The number of nitrogens with zero attached hydrogens (tertiary/aromatic N) is 2. The summed E-state index contributed by atoms with van der Waals surface area (Å²) in [5.41, 5.74) is 1.18. The molecule has 1 aromatic carbocycles. The van der Waals surface area contributed by atoms with Gasteiger partial charge in [-0.25, -0.2) is 4.79 Å². The molecule has 7 nitrogen and oxygen atoms in total. The molecule has 0 saturated carbocycles. The van der Waals surface area contributed by atoms with Crippen molar-refractivity contribution in [2.24, 2.45) is 5.92 Å². The molecule has 1 N–H and O–H groups in total. The van der Waals surface area contributed by atoms with Crippen LogP contribution in [0.3, 0.4) is 0 Å². The highest BCUT2D eigenvalue weighted by molar-refractivity contribution is 5.90. The molecule has 0 spiro atoms. The molecule has 1 aliphatic heterocycles. The molecular formula is C15H20N2O5. The van der Waals surface area contributed by atoms with Gasteiger partial charge in [0.25, 0.3) is 0 Å². The molecule has 1 aromatic rings. The Hall–Kier alpha value is -2.15. The molecule has 1 aliphatic rings. The van der Waals surface area contributed by atoms with Crippen LogP contribution in [0.15, 0.2) is 24.3 Å². The summed E-state index contributed by atoms with van der Waals surface area (Å²) in [5.74, 6) is -0.846. The molecule has 0 saturated heterocycles. The molecule has 0 aliphatic carbocycles. The van der Waals surface area contributed by atoms with Crippen LogP contribution < -0.4 is 4.90 Å². The van der Waals surface area contributed by atoms with Gasteiger partial charge in [-0.1, -0.05) is 25.1 Å². The first kappa shape index (κ1) is 16.2. The Labute approximate surface area is 128 Å². The summed E-state index contributed by atoms with van der Waals surface area (Å²) in [6.45, 7) is 3.45. The number of anilines is 1. The van der Waals surface area contributed by atoms with Crippen molar-refractivity contribution in [1.82, 2.24) is 0 Å². The average molecular weight is 308 g/mol. The molecule has 0 fully saturated rings. The number of ether oxygens (including phenoxy) is 1. The number of rotatable bonds is 4. The minimum absolute atomic E-state index is 0.194. The predicted molar refractivity (Wildman–Crippen MR) is 80.3 cm³/mol. The Bertz CT molecular complexity index is 563. The topological polar surface area (TPSA) is 92.9 Å². The SMILES string of the molecule is CCOC(=O)N1c2ccccc2[C@@H](C[N+](=O)[O-])[C@@H](CC)[C@@H]1O. The quantitative estimate of drug-likeness (QED) is 0.681. The predicted octanol–water partition coefficient (Wildman–Crippen LogP) is 2.37. The highest BCUT2D eigenvalue weighted by Gasteiger charge is 2.44. The van der Waals surface area contributed by atoms with Crippen molar-refractivity contribution in [2.45, 2.75) is 32.4 Å². The van der Waals surface area contributed by atoms with E-state index >= 15 is 0 Å². The van der Waals surface area contributed by atoms with Gasteiger partial charge in [0.2, 0.25) is 6.54 Å². The van der Waals surface area contributed by atoms with Crippen molar-refractivity contribution in [1.29, 1.82) is 0 Å². The van der Waals surface area contributed by atoms with Gasteiger partial charge in [0.05, 0.1) is 18.2 Å². The van der Waals surface area contributed by atoms with Gasteiger partial charge in [0.15, 0.2) is 0 Å². The maximum absolute atomic E-state index is 12.2. The standard InChI is InChI=1S/C15H20N2O5/c1-3-10-12(9-16(20)21)11-7-5-6-8-13(11)17(14(10)18)15(19)22-4-2/h5-8,10,12,14,18H,3-4,9H2,1-2H3/t10-,12+,14+/m1/s1. The summed E-state index contributed by atoms with van der Waals surface area (Å²) < 4.78 is 5.01. The van der Waals surface area contributed by atoms with Crippen molar-refractivity contribution >= 4 is 11.8 Å². The fraction of sp³-hybridized carbons (Fsp3) is 0.533. The molecule has 1 heterocycles. The third kappa shape index (κ3) is 2.89. The van der Waals surface area contributed by atoms with Crippen molar-refractivity contribution in [3.63, 3.8) is 0 Å². The van der Waals surface area contributed by atoms with E-state index in [1.807, 2.05) is 6.92 Å². The fourth-order valence-electron chi connectivity index (χ4n) is 3.08. The summed E-state index contributed by atoms with van der Waals surface area (Å²) >= 11 is 0. The number of aliphatic hydroxyl groups is 1. The Balaban J connectivity index is 2.50. The van der Waals surface area contributed by atoms with Gasteiger partial charge in [-0.15, -0.1) is 0 Å².